The Kier molecular flexibility index (Phi) is 9.58. The van der Waals surface area contributed by atoms with Gasteiger partial charge < -0.3 is 19.7 Å². The largest absolute Gasteiger partial charge is 0.493 e. The minimum atomic E-state index is -4.62. The Balaban J connectivity index is 2.03. The number of halogens is 3. The van der Waals surface area contributed by atoms with Gasteiger partial charge in [-0.2, -0.15) is 13.2 Å². The van der Waals surface area contributed by atoms with Crippen LogP contribution in [0.5, 0.6) is 5.75 Å². The summed E-state index contributed by atoms with van der Waals surface area (Å²) in [4.78, 5) is 28.6. The minimum Gasteiger partial charge on any atom is -0.493 e. The fourth-order valence-corrected chi connectivity index (χ4v) is 2.99. The van der Waals surface area contributed by atoms with Crippen molar-refractivity contribution >= 4 is 41.0 Å². The molecule has 0 unspecified atom stereocenters. The predicted molar refractivity (Wildman–Crippen MR) is 124 cm³/mol. The Labute approximate surface area is 195 Å². The van der Waals surface area contributed by atoms with E-state index in [4.69, 9.17) is 17.0 Å². The summed E-state index contributed by atoms with van der Waals surface area (Å²) in [7, 11) is 1.67. The van der Waals surface area contributed by atoms with Gasteiger partial charge in [-0.25, -0.2) is 4.98 Å². The second kappa shape index (κ2) is 12.1. The van der Waals surface area contributed by atoms with Gasteiger partial charge in [-0.1, -0.05) is 19.8 Å². The molecule has 0 aliphatic carbocycles. The molecule has 1 heterocycles. The molecule has 0 aliphatic rings. The number of ether oxygens (including phenoxy) is 1. The first-order valence-corrected chi connectivity index (χ1v) is 10.6. The van der Waals surface area contributed by atoms with E-state index in [9.17, 15) is 22.8 Å². The fourth-order valence-electron chi connectivity index (χ4n) is 2.78. The number of nitrogens with one attached hydrogen (secondary N) is 2. The monoisotopic (exact) mass is 482 g/mol. The summed E-state index contributed by atoms with van der Waals surface area (Å²) in [6, 6.07) is 6.55. The van der Waals surface area contributed by atoms with Crippen molar-refractivity contribution in [2.24, 2.45) is 0 Å². The van der Waals surface area contributed by atoms with Crippen LogP contribution in [0.3, 0.4) is 0 Å². The lowest BCUT2D eigenvalue weighted by molar-refractivity contribution is -0.138. The molecule has 0 bridgehead atoms. The molecule has 1 aromatic carbocycles. The number of carbonyl (C=O) groups is 2. The Bertz CT molecular complexity index is 968. The Morgan fingerprint density at radius 2 is 2.00 bits per heavy atom. The molecule has 1 amide bonds. The van der Waals surface area contributed by atoms with Gasteiger partial charge in [-0.15, -0.1) is 0 Å². The molecule has 0 atom stereocenters. The number of benzene rings is 1. The van der Waals surface area contributed by atoms with Crippen LogP contribution < -0.4 is 20.3 Å². The van der Waals surface area contributed by atoms with E-state index in [1.54, 1.807) is 18.0 Å². The molecule has 1 aromatic heterocycles. The van der Waals surface area contributed by atoms with Crippen molar-refractivity contribution in [3.05, 3.63) is 47.7 Å². The molecular weight excluding hydrogens is 457 g/mol. The number of aromatic nitrogens is 1. The van der Waals surface area contributed by atoms with Crippen LogP contribution >= 0.6 is 12.2 Å². The highest BCUT2D eigenvalue weighted by atomic mass is 32.1. The molecule has 2 aromatic rings. The number of alkyl halides is 3. The van der Waals surface area contributed by atoms with Crippen molar-refractivity contribution in [3.8, 4) is 5.75 Å². The lowest BCUT2D eigenvalue weighted by atomic mass is 10.1. The minimum absolute atomic E-state index is 0.0532. The Hall–Kier alpha value is -3.21. The predicted octanol–water partition coefficient (Wildman–Crippen LogP) is 4.43. The number of unbranched alkanes of at least 4 members (excludes halogenated alkanes) is 2. The van der Waals surface area contributed by atoms with Crippen LogP contribution in [-0.4, -0.2) is 42.5 Å². The summed E-state index contributed by atoms with van der Waals surface area (Å²) in [6.07, 6.45) is -0.134. The van der Waals surface area contributed by atoms with Gasteiger partial charge in [0, 0.05) is 18.9 Å². The van der Waals surface area contributed by atoms with E-state index < -0.39 is 17.6 Å². The maximum Gasteiger partial charge on any atom is 0.420 e. The second-order valence-electron chi connectivity index (χ2n) is 7.12. The molecular formula is C22H25F3N4O3S. The molecule has 7 nitrogen and oxygen atoms in total. The number of hydrogen-bond donors (Lipinski definition) is 2. The van der Waals surface area contributed by atoms with Gasteiger partial charge in [0.25, 0.3) is 5.91 Å². The number of hydrogen-bond acceptors (Lipinski definition) is 6. The second-order valence-corrected chi connectivity index (χ2v) is 7.53. The number of carbonyl (C=O) groups excluding carboxylic acids is 2. The number of aldehydes is 1. The van der Waals surface area contributed by atoms with Crippen LogP contribution in [0.2, 0.25) is 0 Å². The highest BCUT2D eigenvalue weighted by Crippen LogP contribution is 2.38. The van der Waals surface area contributed by atoms with Crippen LogP contribution in [-0.2, 0) is 11.0 Å². The molecule has 33 heavy (non-hydrogen) atoms. The standard InChI is InChI=1S/C22H25F3N4O3S/c1-3-4-5-12-32-18-8-7-16(13-17(18)22(23,24)25)27-21(33)28-20(31)15-6-9-19(26-14-15)29(2)10-11-30/h6-9,11,13-14H,3-5,10,12H2,1-2H3,(H2,27,28,31,33). The van der Waals surface area contributed by atoms with Crippen LogP contribution in [0.4, 0.5) is 24.7 Å². The molecule has 11 heteroatoms. The zero-order valence-electron chi connectivity index (χ0n) is 18.2. The van der Waals surface area contributed by atoms with E-state index in [0.717, 1.165) is 25.2 Å². The van der Waals surface area contributed by atoms with Crippen molar-refractivity contribution in [2.45, 2.75) is 32.4 Å². The van der Waals surface area contributed by atoms with Crippen LogP contribution in [0.25, 0.3) is 0 Å². The summed E-state index contributed by atoms with van der Waals surface area (Å²) in [5.41, 5.74) is -0.691. The molecule has 0 radical (unpaired) electrons. The number of nitrogens with zero attached hydrogens (tertiary/aromatic N) is 2. The first-order valence-electron chi connectivity index (χ1n) is 10.2. The van der Waals surface area contributed by atoms with Crippen molar-refractivity contribution < 1.29 is 27.5 Å². The number of anilines is 2. The smallest absolute Gasteiger partial charge is 0.420 e. The number of thiocarbonyl (C=S) groups is 1. The maximum atomic E-state index is 13.5. The van der Waals surface area contributed by atoms with E-state index in [1.807, 2.05) is 6.92 Å². The summed E-state index contributed by atoms with van der Waals surface area (Å²) >= 11 is 5.06. The summed E-state index contributed by atoms with van der Waals surface area (Å²) in [6.45, 7) is 2.33. The van der Waals surface area contributed by atoms with Gasteiger partial charge >= 0.3 is 6.18 Å². The highest BCUT2D eigenvalue weighted by Gasteiger charge is 2.34. The first-order chi connectivity index (χ1) is 15.7. The average molecular weight is 483 g/mol. The first kappa shape index (κ1) is 26.0. The lowest BCUT2D eigenvalue weighted by Gasteiger charge is -2.17. The molecule has 178 valence electrons. The zero-order valence-corrected chi connectivity index (χ0v) is 19.1. The summed E-state index contributed by atoms with van der Waals surface area (Å²) in [5, 5.41) is 4.81. The SMILES string of the molecule is CCCCCOc1ccc(NC(=S)NC(=O)c2ccc(N(C)CC=O)nc2)cc1C(F)(F)F. The van der Waals surface area contributed by atoms with E-state index >= 15 is 0 Å². The number of pyridine rings is 1. The maximum absolute atomic E-state index is 13.5. The Morgan fingerprint density at radius 1 is 1.24 bits per heavy atom. The number of amides is 1. The molecule has 0 fully saturated rings. The van der Waals surface area contributed by atoms with Crippen molar-refractivity contribution in [2.75, 3.05) is 30.4 Å². The number of likely N-dealkylation sites (N-methyl/N-ethyl adjacent to an activating group) is 1. The van der Waals surface area contributed by atoms with Gasteiger partial charge in [0.2, 0.25) is 0 Å². The summed E-state index contributed by atoms with van der Waals surface area (Å²) < 4.78 is 45.7. The third kappa shape index (κ3) is 8.01. The fraction of sp³-hybridized carbons (Fsp3) is 0.364. The van der Waals surface area contributed by atoms with Crippen LogP contribution in [0.15, 0.2) is 36.5 Å². The highest BCUT2D eigenvalue weighted by molar-refractivity contribution is 7.80. The van der Waals surface area contributed by atoms with E-state index in [2.05, 4.69) is 15.6 Å². The van der Waals surface area contributed by atoms with Crippen molar-refractivity contribution in [1.82, 2.24) is 10.3 Å². The molecule has 0 saturated heterocycles. The van der Waals surface area contributed by atoms with E-state index in [-0.39, 0.29) is 35.3 Å². The molecule has 2 rings (SSSR count). The molecule has 0 saturated carbocycles. The van der Waals surface area contributed by atoms with Gasteiger partial charge in [0.15, 0.2) is 5.11 Å². The van der Waals surface area contributed by atoms with Crippen LogP contribution in [0, 0.1) is 0 Å². The third-order valence-corrected chi connectivity index (χ3v) is 4.73. The molecule has 0 spiro atoms. The quantitative estimate of drug-likeness (QED) is 0.294. The topological polar surface area (TPSA) is 83.6 Å². The van der Waals surface area contributed by atoms with Crippen molar-refractivity contribution in [1.29, 1.82) is 0 Å². The van der Waals surface area contributed by atoms with Gasteiger partial charge in [0.1, 0.15) is 17.9 Å². The van der Waals surface area contributed by atoms with Crippen molar-refractivity contribution in [3.63, 3.8) is 0 Å². The van der Waals surface area contributed by atoms with Gasteiger partial charge in [-0.3, -0.25) is 10.1 Å². The third-order valence-electron chi connectivity index (χ3n) is 4.52. The normalized spacial score (nSPS) is 10.9. The lowest BCUT2D eigenvalue weighted by Crippen LogP contribution is -2.34. The molecule has 0 aliphatic heterocycles. The van der Waals surface area contributed by atoms with E-state index in [0.29, 0.717) is 12.2 Å². The number of rotatable bonds is 10. The Morgan fingerprint density at radius 3 is 2.61 bits per heavy atom. The zero-order chi connectivity index (χ0) is 24.4. The van der Waals surface area contributed by atoms with Gasteiger partial charge in [0.05, 0.1) is 24.3 Å². The van der Waals surface area contributed by atoms with E-state index in [1.165, 1.54) is 24.4 Å². The average Bonchev–Trinajstić information content (AvgIpc) is 2.77. The van der Waals surface area contributed by atoms with Crippen LogP contribution in [0.1, 0.15) is 42.1 Å². The van der Waals surface area contributed by atoms with Gasteiger partial charge in [-0.05, 0) is 49.0 Å². The summed E-state index contributed by atoms with van der Waals surface area (Å²) in [5.74, 6) is -0.350. The molecule has 2 N–H and O–H groups in total.